The Morgan fingerprint density at radius 2 is 2.00 bits per heavy atom. The third-order valence-electron chi connectivity index (χ3n) is 5.26. The highest BCUT2D eigenvalue weighted by atomic mass is 35.5. The van der Waals surface area contributed by atoms with Gasteiger partial charge < -0.3 is 5.73 Å². The lowest BCUT2D eigenvalue weighted by Gasteiger charge is -2.38. The monoisotopic (exact) mass is 307 g/mol. The van der Waals surface area contributed by atoms with Gasteiger partial charge >= 0.3 is 0 Å². The standard InChI is InChI=1S/C17H26ClN3/c1-13-9-17(11-19,12-21(13)16-7-8-16)20(2)10-14-3-5-15(18)6-4-14/h3-6,13,16H,7-12,19H2,1-2H3. The van der Waals surface area contributed by atoms with E-state index in [2.05, 4.69) is 35.9 Å². The van der Waals surface area contributed by atoms with Gasteiger partial charge in [-0.1, -0.05) is 23.7 Å². The molecule has 1 aromatic rings. The maximum atomic E-state index is 6.20. The minimum absolute atomic E-state index is 0.113. The fraction of sp³-hybridized carbons (Fsp3) is 0.647. The molecule has 2 aliphatic rings. The smallest absolute Gasteiger partial charge is 0.0473 e. The zero-order chi connectivity index (χ0) is 15.0. The number of hydrogen-bond acceptors (Lipinski definition) is 3. The van der Waals surface area contributed by atoms with E-state index in [9.17, 15) is 0 Å². The summed E-state index contributed by atoms with van der Waals surface area (Å²) in [4.78, 5) is 5.13. The van der Waals surface area contributed by atoms with Crippen LogP contribution in [-0.2, 0) is 6.54 Å². The Kier molecular flexibility index (Phi) is 4.28. The van der Waals surface area contributed by atoms with E-state index < -0.39 is 0 Å². The molecule has 2 fully saturated rings. The van der Waals surface area contributed by atoms with E-state index in [0.717, 1.165) is 30.7 Å². The normalized spacial score (nSPS) is 30.2. The maximum Gasteiger partial charge on any atom is 0.0473 e. The second-order valence-corrected chi connectivity index (χ2v) is 7.30. The van der Waals surface area contributed by atoms with Crippen LogP contribution in [0.2, 0.25) is 5.02 Å². The Morgan fingerprint density at radius 3 is 2.57 bits per heavy atom. The van der Waals surface area contributed by atoms with Gasteiger partial charge in [-0.05, 0) is 50.9 Å². The number of likely N-dealkylation sites (tertiary alicyclic amines) is 1. The summed E-state index contributed by atoms with van der Waals surface area (Å²) in [5.74, 6) is 0. The van der Waals surface area contributed by atoms with Gasteiger partial charge in [0.15, 0.2) is 0 Å². The Labute approximate surface area is 133 Å². The largest absolute Gasteiger partial charge is 0.329 e. The molecule has 4 heteroatoms. The number of benzene rings is 1. The van der Waals surface area contributed by atoms with E-state index in [4.69, 9.17) is 17.3 Å². The third-order valence-corrected chi connectivity index (χ3v) is 5.51. The van der Waals surface area contributed by atoms with Crippen molar-refractivity contribution in [2.45, 2.75) is 50.4 Å². The van der Waals surface area contributed by atoms with Gasteiger partial charge in [0, 0.05) is 42.3 Å². The Hall–Kier alpha value is -0.610. The number of nitrogens with zero attached hydrogens (tertiary/aromatic N) is 2. The molecule has 21 heavy (non-hydrogen) atoms. The predicted molar refractivity (Wildman–Crippen MR) is 88.5 cm³/mol. The van der Waals surface area contributed by atoms with Crippen LogP contribution in [0, 0.1) is 0 Å². The van der Waals surface area contributed by atoms with Crippen LogP contribution in [0.4, 0.5) is 0 Å². The summed E-state index contributed by atoms with van der Waals surface area (Å²) in [7, 11) is 2.21. The molecule has 1 saturated carbocycles. The predicted octanol–water partition coefficient (Wildman–Crippen LogP) is 2.73. The summed E-state index contributed by atoms with van der Waals surface area (Å²) in [5, 5.41) is 0.796. The van der Waals surface area contributed by atoms with Crippen molar-refractivity contribution >= 4 is 11.6 Å². The molecule has 3 nitrogen and oxygen atoms in total. The van der Waals surface area contributed by atoms with Gasteiger partial charge in [0.05, 0.1) is 0 Å². The molecule has 0 bridgehead atoms. The first kappa shape index (κ1) is 15.3. The number of rotatable bonds is 5. The van der Waals surface area contributed by atoms with Gasteiger partial charge in [-0.15, -0.1) is 0 Å². The highest BCUT2D eigenvalue weighted by Crippen LogP contribution is 2.39. The molecule has 116 valence electrons. The molecule has 2 N–H and O–H groups in total. The molecule has 1 aliphatic carbocycles. The molecule has 2 unspecified atom stereocenters. The molecule has 1 heterocycles. The second kappa shape index (κ2) is 5.88. The van der Waals surface area contributed by atoms with Gasteiger partial charge in [0.25, 0.3) is 0 Å². The lowest BCUT2D eigenvalue weighted by molar-refractivity contribution is 0.120. The number of likely N-dealkylation sites (N-methyl/N-ethyl adjacent to an activating group) is 1. The summed E-state index contributed by atoms with van der Waals surface area (Å²) >= 11 is 5.97. The summed E-state index contributed by atoms with van der Waals surface area (Å²) in [6, 6.07) is 9.62. The van der Waals surface area contributed by atoms with E-state index in [1.807, 2.05) is 12.1 Å². The van der Waals surface area contributed by atoms with Gasteiger partial charge in [-0.2, -0.15) is 0 Å². The van der Waals surface area contributed by atoms with Crippen LogP contribution in [0.15, 0.2) is 24.3 Å². The summed E-state index contributed by atoms with van der Waals surface area (Å²) < 4.78 is 0. The highest BCUT2D eigenvalue weighted by molar-refractivity contribution is 6.30. The van der Waals surface area contributed by atoms with E-state index in [1.165, 1.54) is 24.8 Å². The van der Waals surface area contributed by atoms with E-state index in [1.54, 1.807) is 0 Å². The van der Waals surface area contributed by atoms with Gasteiger partial charge in [0.2, 0.25) is 0 Å². The minimum Gasteiger partial charge on any atom is -0.329 e. The molecule has 0 spiro atoms. The molecule has 0 radical (unpaired) electrons. The average Bonchev–Trinajstić information content (AvgIpc) is 3.25. The molecule has 2 atom stereocenters. The van der Waals surface area contributed by atoms with Gasteiger partial charge in [-0.25, -0.2) is 0 Å². The maximum absolute atomic E-state index is 6.20. The lowest BCUT2D eigenvalue weighted by atomic mass is 9.94. The Morgan fingerprint density at radius 1 is 1.33 bits per heavy atom. The molecular formula is C17H26ClN3. The summed E-state index contributed by atoms with van der Waals surface area (Å²) in [6.45, 7) is 5.12. The minimum atomic E-state index is 0.113. The highest BCUT2D eigenvalue weighted by Gasteiger charge is 2.48. The molecule has 0 aromatic heterocycles. The van der Waals surface area contributed by atoms with Crippen LogP contribution in [0.3, 0.4) is 0 Å². The third kappa shape index (κ3) is 3.11. The van der Waals surface area contributed by atoms with E-state index in [0.29, 0.717) is 6.04 Å². The van der Waals surface area contributed by atoms with Crippen molar-refractivity contribution in [1.82, 2.24) is 9.80 Å². The second-order valence-electron chi connectivity index (χ2n) is 6.87. The van der Waals surface area contributed by atoms with Crippen molar-refractivity contribution in [3.8, 4) is 0 Å². The van der Waals surface area contributed by atoms with Crippen LogP contribution in [0.25, 0.3) is 0 Å². The van der Waals surface area contributed by atoms with Gasteiger partial charge in [0.1, 0.15) is 0 Å². The Balaban J connectivity index is 1.71. The topological polar surface area (TPSA) is 32.5 Å². The molecule has 0 amide bonds. The Bertz CT molecular complexity index is 485. The van der Waals surface area contributed by atoms with Crippen molar-refractivity contribution in [1.29, 1.82) is 0 Å². The lowest BCUT2D eigenvalue weighted by Crippen LogP contribution is -2.53. The fourth-order valence-corrected chi connectivity index (χ4v) is 3.86. The number of hydrogen-bond donors (Lipinski definition) is 1. The average molecular weight is 308 g/mol. The SMILES string of the molecule is CC1CC(CN)(N(C)Cc2ccc(Cl)cc2)CN1C1CC1. The van der Waals surface area contributed by atoms with Crippen molar-refractivity contribution in [2.75, 3.05) is 20.1 Å². The summed E-state index contributed by atoms with van der Waals surface area (Å²) in [5.41, 5.74) is 7.61. The van der Waals surface area contributed by atoms with Crippen LogP contribution in [0.5, 0.6) is 0 Å². The van der Waals surface area contributed by atoms with Crippen molar-refractivity contribution in [2.24, 2.45) is 5.73 Å². The molecule has 1 saturated heterocycles. The van der Waals surface area contributed by atoms with Crippen LogP contribution < -0.4 is 5.73 Å². The van der Waals surface area contributed by atoms with Crippen molar-refractivity contribution < 1.29 is 0 Å². The first-order valence-corrected chi connectivity index (χ1v) is 8.33. The number of halogens is 1. The zero-order valence-corrected chi connectivity index (χ0v) is 13.8. The van der Waals surface area contributed by atoms with E-state index >= 15 is 0 Å². The van der Waals surface area contributed by atoms with Crippen LogP contribution in [-0.4, -0.2) is 47.6 Å². The molecular weight excluding hydrogens is 282 g/mol. The molecule has 1 aliphatic heterocycles. The summed E-state index contributed by atoms with van der Waals surface area (Å²) in [6.07, 6.45) is 3.90. The van der Waals surface area contributed by atoms with Crippen molar-refractivity contribution in [3.05, 3.63) is 34.9 Å². The molecule has 1 aromatic carbocycles. The van der Waals surface area contributed by atoms with Crippen LogP contribution >= 0.6 is 11.6 Å². The van der Waals surface area contributed by atoms with Gasteiger partial charge in [-0.3, -0.25) is 9.80 Å². The van der Waals surface area contributed by atoms with E-state index in [-0.39, 0.29) is 5.54 Å². The molecule has 3 rings (SSSR count). The quantitative estimate of drug-likeness (QED) is 0.908. The fourth-order valence-electron chi connectivity index (χ4n) is 3.73. The zero-order valence-electron chi connectivity index (χ0n) is 13.1. The first-order chi connectivity index (χ1) is 10.0. The first-order valence-electron chi connectivity index (χ1n) is 7.95. The van der Waals surface area contributed by atoms with Crippen molar-refractivity contribution in [3.63, 3.8) is 0 Å². The van der Waals surface area contributed by atoms with Crippen LogP contribution in [0.1, 0.15) is 31.7 Å². The number of nitrogens with two attached hydrogens (primary N) is 1.